The molecule has 1 atom stereocenters. The smallest absolute Gasteiger partial charge is 0.175 e. The Kier molecular flexibility index (Phi) is 3.71. The molecule has 0 aliphatic carbocycles. The fourth-order valence-electron chi connectivity index (χ4n) is 1.72. The van der Waals surface area contributed by atoms with Gasteiger partial charge in [0, 0.05) is 6.42 Å². The molecule has 0 fully saturated rings. The van der Waals surface area contributed by atoms with Gasteiger partial charge in [-0.3, -0.25) is 0 Å². The molecule has 2 rings (SSSR count). The van der Waals surface area contributed by atoms with E-state index in [4.69, 9.17) is 9.47 Å². The minimum atomic E-state index is -0.360. The fourth-order valence-corrected chi connectivity index (χ4v) is 2.32. The summed E-state index contributed by atoms with van der Waals surface area (Å²) >= 11 is 3.51. The van der Waals surface area contributed by atoms with E-state index in [2.05, 4.69) is 15.9 Å². The molecule has 3 nitrogen and oxygen atoms in total. The van der Waals surface area contributed by atoms with Crippen LogP contribution in [0.3, 0.4) is 0 Å². The Morgan fingerprint density at radius 1 is 1.38 bits per heavy atom. The molecule has 0 radical (unpaired) electrons. The molecule has 0 spiro atoms. The van der Waals surface area contributed by atoms with Gasteiger partial charge in [-0.15, -0.1) is 0 Å². The first kappa shape index (κ1) is 11.7. The van der Waals surface area contributed by atoms with Crippen molar-refractivity contribution in [2.24, 2.45) is 0 Å². The number of hydrogen-bond donors (Lipinski definition) is 1. The molecule has 1 N–H and O–H groups in total. The van der Waals surface area contributed by atoms with Gasteiger partial charge in [0.1, 0.15) is 0 Å². The van der Waals surface area contributed by atoms with Crippen molar-refractivity contribution in [3.63, 3.8) is 0 Å². The van der Waals surface area contributed by atoms with Gasteiger partial charge in [0.15, 0.2) is 11.5 Å². The molecule has 16 heavy (non-hydrogen) atoms. The predicted molar refractivity (Wildman–Crippen MR) is 65.1 cm³/mol. The molecule has 0 saturated heterocycles. The van der Waals surface area contributed by atoms with Gasteiger partial charge in [-0.05, 0) is 40.9 Å². The van der Waals surface area contributed by atoms with Gasteiger partial charge < -0.3 is 14.6 Å². The largest absolute Gasteiger partial charge is 0.490 e. The predicted octanol–water partition coefficient (Wildman–Crippen LogP) is 2.53. The summed E-state index contributed by atoms with van der Waals surface area (Å²) in [6.07, 6.45) is 1.14. The fraction of sp³-hybridized carbons (Fsp3) is 0.500. The lowest BCUT2D eigenvalue weighted by Crippen LogP contribution is -2.05. The van der Waals surface area contributed by atoms with Gasteiger partial charge in [-0.2, -0.15) is 0 Å². The van der Waals surface area contributed by atoms with Crippen molar-refractivity contribution >= 4 is 15.9 Å². The summed E-state index contributed by atoms with van der Waals surface area (Å²) < 4.78 is 12.1. The van der Waals surface area contributed by atoms with Crippen LogP contribution in [0, 0.1) is 0 Å². The quantitative estimate of drug-likeness (QED) is 0.908. The summed E-state index contributed by atoms with van der Waals surface area (Å²) in [6.45, 7) is 3.13. The van der Waals surface area contributed by atoms with E-state index >= 15 is 0 Å². The van der Waals surface area contributed by atoms with Crippen molar-refractivity contribution in [1.82, 2.24) is 0 Å². The summed E-state index contributed by atoms with van der Waals surface area (Å²) in [5, 5.41) is 9.40. The maximum Gasteiger partial charge on any atom is 0.175 e. The third-order valence-electron chi connectivity index (χ3n) is 2.45. The van der Waals surface area contributed by atoms with Crippen LogP contribution in [0.2, 0.25) is 0 Å². The zero-order valence-electron chi connectivity index (χ0n) is 9.20. The van der Waals surface area contributed by atoms with Crippen LogP contribution in [0.1, 0.15) is 18.9 Å². The van der Waals surface area contributed by atoms with E-state index in [1.165, 1.54) is 0 Å². The minimum Gasteiger partial charge on any atom is -0.490 e. The van der Waals surface area contributed by atoms with Crippen molar-refractivity contribution in [3.05, 3.63) is 22.2 Å². The summed E-state index contributed by atoms with van der Waals surface area (Å²) in [4.78, 5) is 0. The molecule has 4 heteroatoms. The molecule has 0 bridgehead atoms. The Hall–Kier alpha value is -0.740. The number of fused-ring (bicyclic) bond motifs is 1. The summed E-state index contributed by atoms with van der Waals surface area (Å²) in [7, 11) is 0. The van der Waals surface area contributed by atoms with Gasteiger partial charge in [0.05, 0.1) is 23.8 Å². The Balaban J connectivity index is 2.33. The number of aliphatic hydroxyl groups excluding tert-OH is 1. The average Bonchev–Trinajstić information content (AvgIpc) is 2.47. The maximum atomic E-state index is 9.40. The third-order valence-corrected chi connectivity index (χ3v) is 3.32. The number of ether oxygens (including phenoxy) is 2. The zero-order chi connectivity index (χ0) is 11.5. The standard InChI is InChI=1S/C12H15BrO3/c1-8(14)7-9-3-4-10-12(11(9)13)16-6-2-5-15-10/h3-4,8,14H,2,5-7H2,1H3. The highest BCUT2D eigenvalue weighted by Crippen LogP contribution is 2.39. The van der Waals surface area contributed by atoms with Crippen molar-refractivity contribution in [2.75, 3.05) is 13.2 Å². The first-order valence-corrected chi connectivity index (χ1v) is 6.23. The number of aliphatic hydroxyl groups is 1. The minimum absolute atomic E-state index is 0.360. The van der Waals surface area contributed by atoms with Gasteiger partial charge in [0.25, 0.3) is 0 Å². The summed E-state index contributed by atoms with van der Waals surface area (Å²) in [6, 6.07) is 3.87. The zero-order valence-corrected chi connectivity index (χ0v) is 10.8. The highest BCUT2D eigenvalue weighted by Gasteiger charge is 2.17. The van der Waals surface area contributed by atoms with Crippen LogP contribution in [0.15, 0.2) is 16.6 Å². The molecule has 1 unspecified atom stereocenters. The first-order chi connectivity index (χ1) is 7.68. The number of rotatable bonds is 2. The molecule has 1 aromatic rings. The lowest BCUT2D eigenvalue weighted by molar-refractivity contribution is 0.195. The monoisotopic (exact) mass is 286 g/mol. The highest BCUT2D eigenvalue weighted by molar-refractivity contribution is 9.10. The van der Waals surface area contributed by atoms with Crippen LogP contribution in [-0.2, 0) is 6.42 Å². The second-order valence-corrected chi connectivity index (χ2v) is 4.76. The molecule has 1 aromatic carbocycles. The number of benzene rings is 1. The van der Waals surface area contributed by atoms with Gasteiger partial charge in [-0.1, -0.05) is 6.07 Å². The van der Waals surface area contributed by atoms with E-state index in [9.17, 15) is 5.11 Å². The van der Waals surface area contributed by atoms with E-state index in [0.29, 0.717) is 19.6 Å². The van der Waals surface area contributed by atoms with Crippen molar-refractivity contribution in [1.29, 1.82) is 0 Å². The molecule has 1 aliphatic rings. The van der Waals surface area contributed by atoms with Crippen LogP contribution >= 0.6 is 15.9 Å². The van der Waals surface area contributed by atoms with Gasteiger partial charge in [0.2, 0.25) is 0 Å². The van der Waals surface area contributed by atoms with Crippen LogP contribution in [-0.4, -0.2) is 24.4 Å². The average molecular weight is 287 g/mol. The third kappa shape index (κ3) is 2.50. The van der Waals surface area contributed by atoms with Crippen molar-refractivity contribution in [2.45, 2.75) is 25.9 Å². The molecule has 0 aromatic heterocycles. The number of hydrogen-bond acceptors (Lipinski definition) is 3. The van der Waals surface area contributed by atoms with Crippen LogP contribution in [0.4, 0.5) is 0 Å². The lowest BCUT2D eigenvalue weighted by atomic mass is 10.1. The van der Waals surface area contributed by atoms with E-state index < -0.39 is 0 Å². The Morgan fingerprint density at radius 2 is 2.12 bits per heavy atom. The molecule has 0 amide bonds. The Bertz CT molecular complexity index is 377. The molecule has 1 aliphatic heterocycles. The van der Waals surface area contributed by atoms with Crippen LogP contribution in [0.5, 0.6) is 11.5 Å². The van der Waals surface area contributed by atoms with Gasteiger partial charge in [-0.25, -0.2) is 0 Å². The molecule has 88 valence electrons. The second-order valence-electron chi connectivity index (χ2n) is 3.97. The van der Waals surface area contributed by atoms with E-state index in [1.807, 2.05) is 12.1 Å². The number of halogens is 1. The van der Waals surface area contributed by atoms with Crippen LogP contribution < -0.4 is 9.47 Å². The van der Waals surface area contributed by atoms with E-state index in [0.717, 1.165) is 28.0 Å². The lowest BCUT2D eigenvalue weighted by Gasteiger charge is -2.13. The normalized spacial score (nSPS) is 16.7. The molecule has 0 saturated carbocycles. The SMILES string of the molecule is CC(O)Cc1ccc2c(c1Br)OCCCO2. The molecular formula is C12H15BrO3. The van der Waals surface area contributed by atoms with E-state index in [1.54, 1.807) is 6.92 Å². The Labute approximate surface area is 104 Å². The van der Waals surface area contributed by atoms with E-state index in [-0.39, 0.29) is 6.10 Å². The highest BCUT2D eigenvalue weighted by atomic mass is 79.9. The maximum absolute atomic E-state index is 9.40. The summed E-state index contributed by atoms with van der Waals surface area (Å²) in [5.74, 6) is 1.54. The molecule has 1 heterocycles. The molecular weight excluding hydrogens is 272 g/mol. The van der Waals surface area contributed by atoms with Crippen molar-refractivity contribution < 1.29 is 14.6 Å². The topological polar surface area (TPSA) is 38.7 Å². The van der Waals surface area contributed by atoms with Gasteiger partial charge >= 0.3 is 0 Å². The Morgan fingerprint density at radius 3 is 2.88 bits per heavy atom. The first-order valence-electron chi connectivity index (χ1n) is 5.43. The van der Waals surface area contributed by atoms with Crippen molar-refractivity contribution in [3.8, 4) is 11.5 Å². The van der Waals surface area contributed by atoms with Crippen LogP contribution in [0.25, 0.3) is 0 Å². The summed E-state index contributed by atoms with van der Waals surface area (Å²) in [5.41, 5.74) is 1.04. The second kappa shape index (κ2) is 5.06.